The van der Waals surface area contributed by atoms with E-state index < -0.39 is 0 Å². The molecule has 2 aromatic rings. The molecule has 1 heterocycles. The summed E-state index contributed by atoms with van der Waals surface area (Å²) in [6.45, 7) is 3.07. The lowest BCUT2D eigenvalue weighted by atomic mass is 10.3. The van der Waals surface area contributed by atoms with Gasteiger partial charge in [0.1, 0.15) is 5.82 Å². The average Bonchev–Trinajstić information content (AvgIpc) is 2.76. The molecular weight excluding hydrogens is 249 g/mol. The summed E-state index contributed by atoms with van der Waals surface area (Å²) < 4.78 is 15.7. The van der Waals surface area contributed by atoms with E-state index in [1.165, 1.54) is 17.8 Å². The maximum absolute atomic E-state index is 13.6. The first-order valence-corrected chi connectivity index (χ1v) is 6.86. The Labute approximate surface area is 110 Å². The first kappa shape index (κ1) is 13.0. The largest absolute Gasteiger partial charge is 0.399 e. The van der Waals surface area contributed by atoms with Crippen LogP contribution in [0.5, 0.6) is 0 Å². The zero-order valence-electron chi connectivity index (χ0n) is 10.3. The van der Waals surface area contributed by atoms with Gasteiger partial charge in [-0.05, 0) is 24.6 Å². The van der Waals surface area contributed by atoms with Crippen LogP contribution in [0.4, 0.5) is 10.1 Å². The molecule has 0 aliphatic carbocycles. The predicted molar refractivity (Wildman–Crippen MR) is 72.9 cm³/mol. The normalized spacial score (nSPS) is 10.8. The number of rotatable bonds is 5. The third kappa shape index (κ3) is 3.04. The van der Waals surface area contributed by atoms with Crippen LogP contribution in [0.3, 0.4) is 0 Å². The molecule has 96 valence electrons. The van der Waals surface area contributed by atoms with Crippen LogP contribution in [0, 0.1) is 5.82 Å². The average molecular weight is 265 g/mol. The van der Waals surface area contributed by atoms with Crippen molar-refractivity contribution in [3.8, 4) is 0 Å². The van der Waals surface area contributed by atoms with E-state index in [0.29, 0.717) is 16.3 Å². The molecule has 1 aromatic carbocycles. The molecule has 0 fully saturated rings. The summed E-state index contributed by atoms with van der Waals surface area (Å²) in [5.41, 5.74) is 7.08. The topological polar surface area (TPSA) is 43.8 Å². The molecule has 0 saturated heterocycles. The Morgan fingerprint density at radius 3 is 3.00 bits per heavy atom. The van der Waals surface area contributed by atoms with Gasteiger partial charge in [0.15, 0.2) is 0 Å². The summed E-state index contributed by atoms with van der Waals surface area (Å²) >= 11 is 1.46. The Hall–Kier alpha value is -1.49. The molecule has 0 atom stereocenters. The van der Waals surface area contributed by atoms with Gasteiger partial charge in [-0.25, -0.2) is 9.37 Å². The molecular formula is C13H16FN3S. The molecule has 0 aliphatic heterocycles. The zero-order valence-corrected chi connectivity index (χ0v) is 11.1. The van der Waals surface area contributed by atoms with Crippen LogP contribution >= 0.6 is 11.8 Å². The molecule has 0 saturated carbocycles. The fourth-order valence-electron chi connectivity index (χ4n) is 1.70. The van der Waals surface area contributed by atoms with Crippen molar-refractivity contribution in [2.45, 2.75) is 30.5 Å². The van der Waals surface area contributed by atoms with E-state index in [1.807, 2.05) is 12.5 Å². The highest BCUT2D eigenvalue weighted by Crippen LogP contribution is 2.26. The second kappa shape index (κ2) is 5.91. The number of imidazole rings is 1. The first-order valence-electron chi connectivity index (χ1n) is 5.87. The second-order valence-corrected chi connectivity index (χ2v) is 5.07. The molecule has 2 rings (SSSR count). The predicted octanol–water partition coefficient (Wildman–Crippen LogP) is 3.31. The van der Waals surface area contributed by atoms with Crippen LogP contribution in [0.15, 0.2) is 35.6 Å². The lowest BCUT2D eigenvalue weighted by molar-refractivity contribution is 0.602. The number of aromatic nitrogens is 2. The van der Waals surface area contributed by atoms with Gasteiger partial charge in [-0.15, -0.1) is 11.8 Å². The van der Waals surface area contributed by atoms with Crippen LogP contribution in [-0.4, -0.2) is 9.55 Å². The smallest absolute Gasteiger partial charge is 0.138 e. The van der Waals surface area contributed by atoms with Crippen molar-refractivity contribution in [2.75, 3.05) is 5.73 Å². The van der Waals surface area contributed by atoms with Crippen molar-refractivity contribution >= 4 is 17.4 Å². The Morgan fingerprint density at radius 2 is 2.28 bits per heavy atom. The number of nitrogens with zero attached hydrogens (tertiary/aromatic N) is 2. The zero-order chi connectivity index (χ0) is 13.0. The molecule has 0 bridgehead atoms. The van der Waals surface area contributed by atoms with Gasteiger partial charge in [-0.2, -0.15) is 0 Å². The van der Waals surface area contributed by atoms with Crippen LogP contribution < -0.4 is 5.73 Å². The number of thioether (sulfide) groups is 1. The molecule has 18 heavy (non-hydrogen) atoms. The highest BCUT2D eigenvalue weighted by Gasteiger charge is 2.06. The van der Waals surface area contributed by atoms with Crippen molar-refractivity contribution in [3.05, 3.63) is 42.2 Å². The summed E-state index contributed by atoms with van der Waals surface area (Å²) in [5.74, 6) is 0.447. The Balaban J connectivity index is 2.04. The molecule has 0 aliphatic rings. The number of anilines is 1. The fourth-order valence-corrected chi connectivity index (χ4v) is 2.60. The van der Waals surface area contributed by atoms with Crippen molar-refractivity contribution in [3.63, 3.8) is 0 Å². The standard InChI is InChI=1S/C13H16FN3S/c1-2-5-17-9-16-7-11(17)8-18-13-4-3-10(15)6-12(13)14/h3-4,6-7,9H,2,5,8,15H2,1H3. The van der Waals surface area contributed by atoms with Crippen molar-refractivity contribution in [1.82, 2.24) is 9.55 Å². The van der Waals surface area contributed by atoms with Crippen LogP contribution in [0.1, 0.15) is 19.0 Å². The Morgan fingerprint density at radius 1 is 1.44 bits per heavy atom. The molecule has 3 nitrogen and oxygen atoms in total. The van der Waals surface area contributed by atoms with Gasteiger partial charge in [0.05, 0.1) is 6.33 Å². The van der Waals surface area contributed by atoms with E-state index in [0.717, 1.165) is 18.7 Å². The lowest BCUT2D eigenvalue weighted by Crippen LogP contribution is -1.99. The van der Waals surface area contributed by atoms with Crippen LogP contribution in [-0.2, 0) is 12.3 Å². The molecule has 0 radical (unpaired) electrons. The SMILES string of the molecule is CCCn1cncc1CSc1ccc(N)cc1F. The minimum atomic E-state index is -0.262. The van der Waals surface area contributed by atoms with Gasteiger partial charge in [-0.1, -0.05) is 6.92 Å². The van der Waals surface area contributed by atoms with E-state index in [9.17, 15) is 4.39 Å². The minimum Gasteiger partial charge on any atom is -0.399 e. The first-order chi connectivity index (χ1) is 8.70. The third-order valence-corrected chi connectivity index (χ3v) is 3.68. The van der Waals surface area contributed by atoms with Crippen molar-refractivity contribution < 1.29 is 4.39 Å². The van der Waals surface area contributed by atoms with Crippen molar-refractivity contribution in [1.29, 1.82) is 0 Å². The number of nitrogens with two attached hydrogens (primary N) is 1. The highest BCUT2D eigenvalue weighted by atomic mass is 32.2. The number of benzene rings is 1. The maximum Gasteiger partial charge on any atom is 0.138 e. The Kier molecular flexibility index (Phi) is 4.25. The molecule has 1 aromatic heterocycles. The summed E-state index contributed by atoms with van der Waals surface area (Å²) in [6.07, 6.45) is 4.71. The molecule has 0 unspecified atom stereocenters. The number of hydrogen-bond acceptors (Lipinski definition) is 3. The van der Waals surface area contributed by atoms with Crippen LogP contribution in [0.2, 0.25) is 0 Å². The van der Waals surface area contributed by atoms with Crippen LogP contribution in [0.25, 0.3) is 0 Å². The number of aryl methyl sites for hydroxylation is 1. The third-order valence-electron chi connectivity index (χ3n) is 2.59. The summed E-state index contributed by atoms with van der Waals surface area (Å²) in [7, 11) is 0. The van der Waals surface area contributed by atoms with Gasteiger partial charge in [-0.3, -0.25) is 0 Å². The second-order valence-electron chi connectivity index (χ2n) is 4.06. The van der Waals surface area contributed by atoms with Gasteiger partial charge < -0.3 is 10.3 Å². The molecule has 0 amide bonds. The van der Waals surface area contributed by atoms with E-state index in [2.05, 4.69) is 16.5 Å². The van der Waals surface area contributed by atoms with E-state index in [4.69, 9.17) is 5.73 Å². The van der Waals surface area contributed by atoms with Gasteiger partial charge in [0, 0.05) is 34.8 Å². The maximum atomic E-state index is 13.6. The fraction of sp³-hybridized carbons (Fsp3) is 0.308. The molecule has 0 spiro atoms. The summed E-state index contributed by atoms with van der Waals surface area (Å²) in [6, 6.07) is 4.79. The van der Waals surface area contributed by atoms with Gasteiger partial charge >= 0.3 is 0 Å². The quantitative estimate of drug-likeness (QED) is 0.666. The monoisotopic (exact) mass is 265 g/mol. The molecule has 5 heteroatoms. The lowest BCUT2D eigenvalue weighted by Gasteiger charge is -2.07. The van der Waals surface area contributed by atoms with E-state index in [1.54, 1.807) is 12.1 Å². The van der Waals surface area contributed by atoms with E-state index >= 15 is 0 Å². The summed E-state index contributed by atoms with van der Waals surface area (Å²) in [4.78, 5) is 4.74. The van der Waals surface area contributed by atoms with Gasteiger partial charge in [0.25, 0.3) is 0 Å². The minimum absolute atomic E-state index is 0.262. The highest BCUT2D eigenvalue weighted by molar-refractivity contribution is 7.98. The van der Waals surface area contributed by atoms with Gasteiger partial charge in [0.2, 0.25) is 0 Å². The number of nitrogen functional groups attached to an aromatic ring is 1. The number of halogens is 1. The van der Waals surface area contributed by atoms with Crippen molar-refractivity contribution in [2.24, 2.45) is 0 Å². The number of hydrogen-bond donors (Lipinski definition) is 1. The molecule has 2 N–H and O–H groups in total. The Bertz CT molecular complexity index is 525. The van der Waals surface area contributed by atoms with E-state index in [-0.39, 0.29) is 5.82 Å². The summed E-state index contributed by atoms with van der Waals surface area (Å²) in [5, 5.41) is 0.